The van der Waals surface area contributed by atoms with Crippen LogP contribution in [0.5, 0.6) is 0 Å². The van der Waals surface area contributed by atoms with Crippen LogP contribution in [0.2, 0.25) is 0 Å². The normalized spacial score (nSPS) is 10.5. The van der Waals surface area contributed by atoms with Gasteiger partial charge in [0.25, 0.3) is 0 Å². The molecule has 3 nitrogen and oxygen atoms in total. The van der Waals surface area contributed by atoms with Gasteiger partial charge in [-0.2, -0.15) is 0 Å². The molecule has 0 radical (unpaired) electrons. The third-order valence-electron chi connectivity index (χ3n) is 4.11. The Morgan fingerprint density at radius 2 is 1.57 bits per heavy atom. The van der Waals surface area contributed by atoms with E-state index in [0.717, 1.165) is 22.1 Å². The Labute approximate surface area is 136 Å². The topological polar surface area (TPSA) is 41.1 Å². The minimum absolute atomic E-state index is 0.0535. The molecule has 0 bridgehead atoms. The maximum atomic E-state index is 12.3. The summed E-state index contributed by atoms with van der Waals surface area (Å²) in [5.41, 5.74) is 4.23. The Balaban J connectivity index is 1.71. The second kappa shape index (κ2) is 6.53. The molecule has 0 aliphatic heterocycles. The molecule has 1 amide bonds. The molecule has 3 rings (SSSR count). The van der Waals surface area contributed by atoms with Crippen molar-refractivity contribution < 1.29 is 4.79 Å². The third-order valence-corrected chi connectivity index (χ3v) is 4.11. The van der Waals surface area contributed by atoms with E-state index >= 15 is 0 Å². The van der Waals surface area contributed by atoms with E-state index in [0.29, 0.717) is 0 Å². The first kappa shape index (κ1) is 15.1. The average molecular weight is 304 g/mol. The van der Waals surface area contributed by atoms with Gasteiger partial charge in [-0.15, -0.1) is 0 Å². The third kappa shape index (κ3) is 3.34. The lowest BCUT2D eigenvalue weighted by Crippen LogP contribution is -2.22. The van der Waals surface area contributed by atoms with Crippen LogP contribution in [0.4, 0.5) is 11.4 Å². The largest absolute Gasteiger partial charge is 0.376 e. The van der Waals surface area contributed by atoms with E-state index in [1.54, 1.807) is 0 Å². The zero-order valence-electron chi connectivity index (χ0n) is 13.4. The highest BCUT2D eigenvalue weighted by molar-refractivity contribution is 6.03. The molecule has 2 N–H and O–H groups in total. The number of aryl methyl sites for hydroxylation is 1. The van der Waals surface area contributed by atoms with Crippen molar-refractivity contribution in [2.45, 2.75) is 13.8 Å². The van der Waals surface area contributed by atoms with Gasteiger partial charge in [-0.05, 0) is 42.5 Å². The summed E-state index contributed by atoms with van der Waals surface area (Å²) >= 11 is 0. The Hall–Kier alpha value is -2.81. The minimum atomic E-state index is -0.0535. The molecule has 0 saturated carbocycles. The highest BCUT2D eigenvalue weighted by Gasteiger charge is 2.07. The summed E-state index contributed by atoms with van der Waals surface area (Å²) in [5.74, 6) is -0.0535. The summed E-state index contributed by atoms with van der Waals surface area (Å²) < 4.78 is 0. The van der Waals surface area contributed by atoms with Crippen molar-refractivity contribution in [3.63, 3.8) is 0 Å². The lowest BCUT2D eigenvalue weighted by Gasteiger charge is -2.12. The van der Waals surface area contributed by atoms with Gasteiger partial charge >= 0.3 is 0 Å². The lowest BCUT2D eigenvalue weighted by atomic mass is 10.1. The number of carbonyl (C=O) groups excluding carboxylic acids is 1. The number of rotatable bonds is 4. The van der Waals surface area contributed by atoms with Gasteiger partial charge in [0.1, 0.15) is 0 Å². The van der Waals surface area contributed by atoms with Crippen molar-refractivity contribution >= 4 is 28.1 Å². The molecule has 3 aromatic rings. The highest BCUT2D eigenvalue weighted by Crippen LogP contribution is 2.23. The summed E-state index contributed by atoms with van der Waals surface area (Å²) in [5, 5.41) is 8.37. The molecule has 23 heavy (non-hydrogen) atoms. The molecule has 0 atom stereocenters. The van der Waals surface area contributed by atoms with Crippen LogP contribution in [-0.2, 0) is 4.79 Å². The van der Waals surface area contributed by atoms with Crippen LogP contribution >= 0.6 is 0 Å². The highest BCUT2D eigenvalue weighted by atomic mass is 16.1. The molecule has 3 aromatic carbocycles. The lowest BCUT2D eigenvalue weighted by molar-refractivity contribution is -0.114. The smallest absolute Gasteiger partial charge is 0.243 e. The van der Waals surface area contributed by atoms with Gasteiger partial charge in [0, 0.05) is 16.8 Å². The number of amides is 1. The number of hydrogen-bond acceptors (Lipinski definition) is 2. The average Bonchev–Trinajstić information content (AvgIpc) is 2.56. The molecule has 0 heterocycles. The standard InChI is InChI=1S/C20H20N2O/c1-14-7-5-11-18(15(14)2)21-13-20(23)22-19-12-6-9-16-8-3-4-10-17(16)19/h3-12,21H,13H2,1-2H3,(H,22,23). The Bertz CT molecular complexity index is 850. The number of carbonyl (C=O) groups is 1. The van der Waals surface area contributed by atoms with Crippen molar-refractivity contribution in [3.8, 4) is 0 Å². The molecular formula is C20H20N2O. The van der Waals surface area contributed by atoms with Crippen molar-refractivity contribution in [1.82, 2.24) is 0 Å². The molecule has 0 unspecified atom stereocenters. The SMILES string of the molecule is Cc1cccc(NCC(=O)Nc2cccc3ccccc23)c1C. The van der Waals surface area contributed by atoms with Crippen LogP contribution in [0.3, 0.4) is 0 Å². The first-order valence-corrected chi connectivity index (χ1v) is 7.73. The predicted molar refractivity (Wildman–Crippen MR) is 97.0 cm³/mol. The maximum absolute atomic E-state index is 12.3. The summed E-state index contributed by atoms with van der Waals surface area (Å²) in [6, 6.07) is 20.0. The van der Waals surface area contributed by atoms with Gasteiger partial charge in [0.2, 0.25) is 5.91 Å². The van der Waals surface area contributed by atoms with Crippen LogP contribution in [0.25, 0.3) is 10.8 Å². The minimum Gasteiger partial charge on any atom is -0.376 e. The monoisotopic (exact) mass is 304 g/mol. The number of nitrogens with one attached hydrogen (secondary N) is 2. The van der Waals surface area contributed by atoms with Crippen LogP contribution < -0.4 is 10.6 Å². The molecule has 0 saturated heterocycles. The van der Waals surface area contributed by atoms with Gasteiger partial charge in [-0.25, -0.2) is 0 Å². The van der Waals surface area contributed by atoms with Crippen LogP contribution in [0.15, 0.2) is 60.7 Å². The quantitative estimate of drug-likeness (QED) is 0.744. The second-order valence-electron chi connectivity index (χ2n) is 5.68. The molecule has 0 aromatic heterocycles. The number of anilines is 2. The van der Waals surface area contributed by atoms with Crippen molar-refractivity contribution in [3.05, 3.63) is 71.8 Å². The summed E-state index contributed by atoms with van der Waals surface area (Å²) in [6.45, 7) is 4.37. The zero-order chi connectivity index (χ0) is 16.2. The van der Waals surface area contributed by atoms with E-state index < -0.39 is 0 Å². The molecular weight excluding hydrogens is 284 g/mol. The number of hydrogen-bond donors (Lipinski definition) is 2. The van der Waals surface area contributed by atoms with E-state index in [4.69, 9.17) is 0 Å². The Morgan fingerprint density at radius 3 is 2.43 bits per heavy atom. The molecule has 0 aliphatic rings. The van der Waals surface area contributed by atoms with Crippen molar-refractivity contribution in [2.24, 2.45) is 0 Å². The van der Waals surface area contributed by atoms with Crippen LogP contribution in [0.1, 0.15) is 11.1 Å². The van der Waals surface area contributed by atoms with Crippen LogP contribution in [-0.4, -0.2) is 12.5 Å². The fourth-order valence-corrected chi connectivity index (χ4v) is 2.65. The molecule has 3 heteroatoms. The van der Waals surface area contributed by atoms with Gasteiger partial charge < -0.3 is 10.6 Å². The molecule has 116 valence electrons. The fraction of sp³-hybridized carbons (Fsp3) is 0.150. The summed E-state index contributed by atoms with van der Waals surface area (Å²) in [6.07, 6.45) is 0. The molecule has 0 aliphatic carbocycles. The zero-order valence-corrected chi connectivity index (χ0v) is 13.4. The van der Waals surface area contributed by atoms with Gasteiger partial charge in [0.15, 0.2) is 0 Å². The molecule has 0 spiro atoms. The fourth-order valence-electron chi connectivity index (χ4n) is 2.65. The van der Waals surface area contributed by atoms with Gasteiger partial charge in [-0.3, -0.25) is 4.79 Å². The van der Waals surface area contributed by atoms with E-state index in [-0.39, 0.29) is 12.5 Å². The van der Waals surface area contributed by atoms with Gasteiger partial charge in [-0.1, -0.05) is 48.5 Å². The maximum Gasteiger partial charge on any atom is 0.243 e. The first-order valence-electron chi connectivity index (χ1n) is 7.73. The van der Waals surface area contributed by atoms with E-state index in [2.05, 4.69) is 30.5 Å². The summed E-state index contributed by atoms with van der Waals surface area (Å²) in [4.78, 5) is 12.3. The number of fused-ring (bicyclic) bond motifs is 1. The van der Waals surface area contributed by atoms with Crippen LogP contribution in [0, 0.1) is 13.8 Å². The number of benzene rings is 3. The van der Waals surface area contributed by atoms with E-state index in [1.165, 1.54) is 11.1 Å². The summed E-state index contributed by atoms with van der Waals surface area (Å²) in [7, 11) is 0. The van der Waals surface area contributed by atoms with Crippen molar-refractivity contribution in [2.75, 3.05) is 17.2 Å². The first-order chi connectivity index (χ1) is 11.1. The second-order valence-corrected chi connectivity index (χ2v) is 5.68. The Morgan fingerprint density at radius 1 is 0.870 bits per heavy atom. The van der Waals surface area contributed by atoms with E-state index in [9.17, 15) is 4.79 Å². The van der Waals surface area contributed by atoms with E-state index in [1.807, 2.05) is 54.6 Å². The van der Waals surface area contributed by atoms with Gasteiger partial charge in [0.05, 0.1) is 6.54 Å². The van der Waals surface area contributed by atoms with Crippen molar-refractivity contribution in [1.29, 1.82) is 0 Å². The molecule has 0 fully saturated rings. The predicted octanol–water partition coefficient (Wildman–Crippen LogP) is 4.51. The Kier molecular flexibility index (Phi) is 4.29.